The van der Waals surface area contributed by atoms with Crippen LogP contribution in [0.5, 0.6) is 0 Å². The number of carbonyl (C=O) groups excluding carboxylic acids is 2. The standard InChI is InChI=1S/C15H18N3O5S/c1-10(14(19)17-12-7-8-24-15(12)20)16-13(9-23-18(21)22)11-5-3-2-4-6-11/h2-6,12-13,21H,7-9H2,1H3,(H,17,19)/q-1/t12?,13-/m0/s1. The van der Waals surface area contributed by atoms with E-state index in [0.29, 0.717) is 12.2 Å². The minimum absolute atomic E-state index is 0.0543. The number of hydrogen-bond donors (Lipinski definition) is 2. The number of rotatable bonds is 7. The van der Waals surface area contributed by atoms with E-state index in [1.807, 2.05) is 6.07 Å². The van der Waals surface area contributed by atoms with Crippen molar-refractivity contribution >= 4 is 28.5 Å². The SMILES string of the molecule is CC(=N[C@@H](CON([O-])O)c1ccccc1)C(=O)NC1CCSC1=O. The summed E-state index contributed by atoms with van der Waals surface area (Å²) in [6.45, 7) is 1.29. The number of aliphatic imine (C=N–C) groups is 1. The molecule has 1 aliphatic rings. The fourth-order valence-electron chi connectivity index (χ4n) is 2.20. The van der Waals surface area contributed by atoms with Crippen molar-refractivity contribution < 1.29 is 19.6 Å². The van der Waals surface area contributed by atoms with Gasteiger partial charge in [0.1, 0.15) is 6.04 Å². The molecule has 2 atom stereocenters. The zero-order chi connectivity index (χ0) is 17.5. The number of benzene rings is 1. The van der Waals surface area contributed by atoms with E-state index in [1.165, 1.54) is 18.7 Å². The van der Waals surface area contributed by atoms with Gasteiger partial charge in [-0.3, -0.25) is 19.4 Å². The Hall–Kier alpha value is -1.78. The third kappa shape index (κ3) is 5.39. The zero-order valence-corrected chi connectivity index (χ0v) is 13.9. The molecule has 24 heavy (non-hydrogen) atoms. The van der Waals surface area contributed by atoms with Crippen molar-refractivity contribution in [2.24, 2.45) is 4.99 Å². The van der Waals surface area contributed by atoms with Crippen molar-refractivity contribution in [1.82, 2.24) is 10.7 Å². The van der Waals surface area contributed by atoms with Gasteiger partial charge >= 0.3 is 0 Å². The van der Waals surface area contributed by atoms with E-state index < -0.39 is 23.4 Å². The number of nitrogens with zero attached hydrogens (tertiary/aromatic N) is 2. The Bertz CT molecular complexity index is 608. The first kappa shape index (κ1) is 18.6. The zero-order valence-electron chi connectivity index (χ0n) is 13.0. The predicted molar refractivity (Wildman–Crippen MR) is 89.2 cm³/mol. The van der Waals surface area contributed by atoms with Gasteiger partial charge in [0, 0.05) is 5.75 Å². The molecule has 8 nitrogen and oxygen atoms in total. The minimum Gasteiger partial charge on any atom is -0.738 e. The third-order valence-corrected chi connectivity index (χ3v) is 4.45. The highest BCUT2D eigenvalue weighted by atomic mass is 32.2. The van der Waals surface area contributed by atoms with Crippen LogP contribution in [0.2, 0.25) is 0 Å². The van der Waals surface area contributed by atoms with Crippen LogP contribution in [0.25, 0.3) is 0 Å². The molecule has 9 heteroatoms. The summed E-state index contributed by atoms with van der Waals surface area (Å²) in [4.78, 5) is 32.6. The minimum atomic E-state index is -0.644. The van der Waals surface area contributed by atoms with Gasteiger partial charge in [0.25, 0.3) is 5.91 Å². The van der Waals surface area contributed by atoms with E-state index in [-0.39, 0.29) is 17.4 Å². The second-order valence-corrected chi connectivity index (χ2v) is 6.26. The first-order valence-corrected chi connectivity index (χ1v) is 8.32. The van der Waals surface area contributed by atoms with E-state index in [9.17, 15) is 14.8 Å². The Balaban J connectivity index is 2.08. The summed E-state index contributed by atoms with van der Waals surface area (Å²) in [5, 5.41) is 21.1. The van der Waals surface area contributed by atoms with Crippen LogP contribution in [0.3, 0.4) is 0 Å². The molecule has 1 aromatic carbocycles. The van der Waals surface area contributed by atoms with Crippen molar-refractivity contribution in [2.75, 3.05) is 12.4 Å². The van der Waals surface area contributed by atoms with Crippen molar-refractivity contribution in [3.05, 3.63) is 41.1 Å². The number of hydrogen-bond acceptors (Lipinski definition) is 8. The van der Waals surface area contributed by atoms with Crippen LogP contribution in [0.15, 0.2) is 35.3 Å². The Morgan fingerprint density at radius 3 is 2.83 bits per heavy atom. The molecule has 1 amide bonds. The van der Waals surface area contributed by atoms with Gasteiger partial charge < -0.3 is 15.7 Å². The number of thioether (sulfide) groups is 1. The summed E-state index contributed by atoms with van der Waals surface area (Å²) < 4.78 is 0. The fourth-order valence-corrected chi connectivity index (χ4v) is 3.13. The van der Waals surface area contributed by atoms with Crippen LogP contribution < -0.4 is 5.32 Å². The molecule has 2 N–H and O–H groups in total. The highest BCUT2D eigenvalue weighted by Crippen LogP contribution is 2.20. The van der Waals surface area contributed by atoms with E-state index in [1.54, 1.807) is 24.3 Å². The third-order valence-electron chi connectivity index (χ3n) is 3.45. The monoisotopic (exact) mass is 352 g/mol. The van der Waals surface area contributed by atoms with Gasteiger partial charge in [0.05, 0.1) is 18.4 Å². The summed E-state index contributed by atoms with van der Waals surface area (Å²) >= 11 is 1.20. The van der Waals surface area contributed by atoms with Crippen LogP contribution in [0, 0.1) is 5.21 Å². The molecule has 0 radical (unpaired) electrons. The van der Waals surface area contributed by atoms with Crippen LogP contribution in [-0.4, -0.2) is 45.7 Å². The van der Waals surface area contributed by atoms with Crippen molar-refractivity contribution in [2.45, 2.75) is 25.4 Å². The Kier molecular flexibility index (Phi) is 6.88. The summed E-state index contributed by atoms with van der Waals surface area (Å²) in [5.74, 6) is 0.246. The second-order valence-electron chi connectivity index (χ2n) is 5.16. The molecular weight excluding hydrogens is 334 g/mol. The van der Waals surface area contributed by atoms with E-state index in [4.69, 9.17) is 5.21 Å². The van der Waals surface area contributed by atoms with Gasteiger partial charge in [-0.25, -0.2) is 0 Å². The molecule has 1 saturated heterocycles. The maximum atomic E-state index is 12.2. The molecule has 0 bridgehead atoms. The molecule has 1 unspecified atom stereocenters. The lowest BCUT2D eigenvalue weighted by atomic mass is 10.1. The van der Waals surface area contributed by atoms with Gasteiger partial charge in [-0.1, -0.05) is 42.1 Å². The number of nitrogens with one attached hydrogen (secondary N) is 1. The largest absolute Gasteiger partial charge is 0.738 e. The quantitative estimate of drug-likeness (QED) is 0.564. The van der Waals surface area contributed by atoms with E-state index in [2.05, 4.69) is 15.1 Å². The molecule has 1 fully saturated rings. The molecule has 1 heterocycles. The molecule has 1 aromatic rings. The van der Waals surface area contributed by atoms with Crippen LogP contribution in [0.1, 0.15) is 24.9 Å². The molecule has 0 aliphatic carbocycles. The lowest BCUT2D eigenvalue weighted by Gasteiger charge is -2.22. The highest BCUT2D eigenvalue weighted by molar-refractivity contribution is 8.14. The molecule has 2 rings (SSSR count). The predicted octanol–water partition coefficient (Wildman–Crippen LogP) is 1.46. The number of amides is 1. The molecule has 0 spiro atoms. The van der Waals surface area contributed by atoms with Crippen molar-refractivity contribution in [3.8, 4) is 0 Å². The lowest BCUT2D eigenvalue weighted by Crippen LogP contribution is -2.40. The van der Waals surface area contributed by atoms with Crippen LogP contribution in [0.4, 0.5) is 0 Å². The molecule has 130 valence electrons. The Morgan fingerprint density at radius 1 is 1.54 bits per heavy atom. The second kappa shape index (κ2) is 8.90. The van der Waals surface area contributed by atoms with E-state index in [0.717, 1.165) is 5.56 Å². The summed E-state index contributed by atoms with van der Waals surface area (Å²) in [7, 11) is 0. The molecule has 1 aliphatic heterocycles. The normalized spacial score (nSPS) is 19.6. The lowest BCUT2D eigenvalue weighted by molar-refractivity contribution is -0.307. The highest BCUT2D eigenvalue weighted by Gasteiger charge is 2.27. The number of carbonyl (C=O) groups is 2. The maximum absolute atomic E-state index is 12.2. The summed E-state index contributed by atoms with van der Waals surface area (Å²) in [6, 6.07) is 7.80. The maximum Gasteiger partial charge on any atom is 0.265 e. The smallest absolute Gasteiger partial charge is 0.265 e. The molecule has 0 aromatic heterocycles. The molecular formula is C15H18N3O5S-. The summed E-state index contributed by atoms with van der Waals surface area (Å²) in [6.07, 6.45) is 0.601. The average molecular weight is 352 g/mol. The van der Waals surface area contributed by atoms with Crippen molar-refractivity contribution in [3.63, 3.8) is 0 Å². The van der Waals surface area contributed by atoms with Crippen molar-refractivity contribution in [1.29, 1.82) is 0 Å². The summed E-state index contributed by atoms with van der Waals surface area (Å²) in [5.41, 5.74) is 0.881. The van der Waals surface area contributed by atoms with Crippen LogP contribution in [-0.2, 0) is 14.4 Å². The first-order valence-electron chi connectivity index (χ1n) is 7.33. The van der Waals surface area contributed by atoms with Gasteiger partial charge in [-0.15, -0.1) is 5.39 Å². The van der Waals surface area contributed by atoms with Crippen LogP contribution >= 0.6 is 11.8 Å². The average Bonchev–Trinajstić information content (AvgIpc) is 2.96. The first-order chi connectivity index (χ1) is 11.5. The fraction of sp³-hybridized carbons (Fsp3) is 0.400. The van der Waals surface area contributed by atoms with Gasteiger partial charge in [-0.05, 0) is 18.9 Å². The van der Waals surface area contributed by atoms with E-state index >= 15 is 0 Å². The topological polar surface area (TPSA) is 114 Å². The molecule has 0 saturated carbocycles. The Morgan fingerprint density at radius 2 is 2.25 bits per heavy atom. The van der Waals surface area contributed by atoms with Gasteiger partial charge in [0.2, 0.25) is 5.12 Å². The van der Waals surface area contributed by atoms with Gasteiger partial charge in [0.15, 0.2) is 0 Å². The van der Waals surface area contributed by atoms with Gasteiger partial charge in [-0.2, -0.15) is 0 Å². The Labute approximate surface area is 143 Å².